The Morgan fingerprint density at radius 1 is 1.14 bits per heavy atom. The number of methoxy groups -OCH3 is 1. The lowest BCUT2D eigenvalue weighted by atomic mass is 9.74. The van der Waals surface area contributed by atoms with Gasteiger partial charge in [0.05, 0.1) is 18.3 Å². The second kappa shape index (κ2) is 6.18. The molecule has 0 spiro atoms. The third-order valence-electron chi connectivity index (χ3n) is 4.16. The van der Waals surface area contributed by atoms with Crippen molar-refractivity contribution in [1.82, 2.24) is 0 Å². The number of carbonyl (C=O) groups excluding carboxylic acids is 1. The zero-order valence-electron chi connectivity index (χ0n) is 13.5. The smallest absolute Gasteiger partial charge is 0.466 e. The SMILES string of the molecule is COC(=O)/C=C(\B1OC(C)(C)C(C)(C)O1)c1ccc(Br)cc1. The summed E-state index contributed by atoms with van der Waals surface area (Å²) in [5.41, 5.74) is 0.565. The van der Waals surface area contributed by atoms with Crippen LogP contribution in [0.3, 0.4) is 0 Å². The predicted octanol–water partition coefficient (Wildman–Crippen LogP) is 3.64. The van der Waals surface area contributed by atoms with Crippen molar-refractivity contribution in [2.24, 2.45) is 0 Å². The first-order valence-corrected chi connectivity index (χ1v) is 7.87. The highest BCUT2D eigenvalue weighted by molar-refractivity contribution is 9.10. The maximum Gasteiger partial charge on any atom is 0.495 e. The fourth-order valence-corrected chi connectivity index (χ4v) is 2.35. The molecule has 0 unspecified atom stereocenters. The van der Waals surface area contributed by atoms with Gasteiger partial charge in [0.2, 0.25) is 0 Å². The molecule has 0 aliphatic carbocycles. The second-order valence-corrected chi connectivity index (χ2v) is 7.13. The Labute approximate surface area is 140 Å². The van der Waals surface area contributed by atoms with Crippen LogP contribution in [0.15, 0.2) is 34.8 Å². The zero-order chi connectivity index (χ0) is 16.5. The van der Waals surface area contributed by atoms with Crippen molar-refractivity contribution in [3.8, 4) is 0 Å². The summed E-state index contributed by atoms with van der Waals surface area (Å²) in [6.45, 7) is 7.91. The number of esters is 1. The molecule has 22 heavy (non-hydrogen) atoms. The Hall–Kier alpha value is -1.11. The summed E-state index contributed by atoms with van der Waals surface area (Å²) in [4.78, 5) is 11.7. The third kappa shape index (κ3) is 3.45. The van der Waals surface area contributed by atoms with Crippen LogP contribution in [-0.4, -0.2) is 31.4 Å². The molecule has 0 amide bonds. The Morgan fingerprint density at radius 2 is 1.64 bits per heavy atom. The van der Waals surface area contributed by atoms with Crippen LogP contribution in [0.1, 0.15) is 33.3 Å². The molecule has 1 aliphatic heterocycles. The number of hydrogen-bond donors (Lipinski definition) is 0. The Bertz CT molecular complexity index is 577. The summed E-state index contributed by atoms with van der Waals surface area (Å²) in [5.74, 6) is -0.437. The van der Waals surface area contributed by atoms with Crippen LogP contribution in [0.5, 0.6) is 0 Å². The molecule has 1 aromatic rings. The van der Waals surface area contributed by atoms with Gasteiger partial charge in [0.15, 0.2) is 0 Å². The Kier molecular flexibility index (Phi) is 4.85. The van der Waals surface area contributed by atoms with E-state index in [0.29, 0.717) is 5.47 Å². The molecular weight excluding hydrogens is 347 g/mol. The van der Waals surface area contributed by atoms with Gasteiger partial charge < -0.3 is 14.0 Å². The molecule has 0 saturated carbocycles. The van der Waals surface area contributed by atoms with Gasteiger partial charge in [0.25, 0.3) is 0 Å². The van der Waals surface area contributed by atoms with Gasteiger partial charge >= 0.3 is 13.1 Å². The fraction of sp³-hybridized carbons (Fsp3) is 0.438. The van der Waals surface area contributed by atoms with Gasteiger partial charge in [0, 0.05) is 10.5 Å². The van der Waals surface area contributed by atoms with Crippen molar-refractivity contribution < 1.29 is 18.8 Å². The van der Waals surface area contributed by atoms with Crippen molar-refractivity contribution in [2.75, 3.05) is 7.11 Å². The van der Waals surface area contributed by atoms with Crippen LogP contribution < -0.4 is 0 Å². The van der Waals surface area contributed by atoms with E-state index in [0.717, 1.165) is 10.0 Å². The average molecular weight is 367 g/mol. The van der Waals surface area contributed by atoms with Crippen molar-refractivity contribution in [1.29, 1.82) is 0 Å². The topological polar surface area (TPSA) is 44.8 Å². The molecule has 118 valence electrons. The van der Waals surface area contributed by atoms with E-state index >= 15 is 0 Å². The number of benzene rings is 1. The van der Waals surface area contributed by atoms with Crippen LogP contribution in [0.2, 0.25) is 0 Å². The van der Waals surface area contributed by atoms with E-state index in [2.05, 4.69) is 15.9 Å². The minimum atomic E-state index is -0.620. The van der Waals surface area contributed by atoms with Gasteiger partial charge in [-0.25, -0.2) is 4.79 Å². The normalized spacial score (nSPS) is 20.1. The number of rotatable bonds is 3. The summed E-state index contributed by atoms with van der Waals surface area (Å²) < 4.78 is 17.8. The van der Waals surface area contributed by atoms with E-state index in [-0.39, 0.29) is 0 Å². The van der Waals surface area contributed by atoms with E-state index in [1.54, 1.807) is 0 Å². The molecule has 0 aromatic heterocycles. The van der Waals surface area contributed by atoms with Crippen molar-refractivity contribution in [3.05, 3.63) is 40.4 Å². The van der Waals surface area contributed by atoms with Crippen molar-refractivity contribution in [3.63, 3.8) is 0 Å². The molecule has 1 aromatic carbocycles. The molecule has 0 radical (unpaired) electrons. The van der Waals surface area contributed by atoms with Gasteiger partial charge in [-0.05, 0) is 50.9 Å². The van der Waals surface area contributed by atoms with Gasteiger partial charge in [-0.15, -0.1) is 0 Å². The van der Waals surface area contributed by atoms with E-state index in [4.69, 9.17) is 14.0 Å². The first-order chi connectivity index (χ1) is 10.2. The summed E-state index contributed by atoms with van der Waals surface area (Å²) in [7, 11) is 0.729. The van der Waals surface area contributed by atoms with Crippen LogP contribution >= 0.6 is 15.9 Å². The van der Waals surface area contributed by atoms with E-state index in [9.17, 15) is 4.79 Å². The molecule has 2 rings (SSSR count). The summed E-state index contributed by atoms with van der Waals surface area (Å²) in [6, 6.07) is 7.63. The van der Waals surface area contributed by atoms with E-state index < -0.39 is 24.3 Å². The lowest BCUT2D eigenvalue weighted by Crippen LogP contribution is -2.41. The largest absolute Gasteiger partial charge is 0.495 e. The van der Waals surface area contributed by atoms with Crippen LogP contribution in [0.25, 0.3) is 5.47 Å². The minimum absolute atomic E-state index is 0.437. The molecule has 6 heteroatoms. The van der Waals surface area contributed by atoms with Crippen LogP contribution in [0, 0.1) is 0 Å². The molecule has 4 nitrogen and oxygen atoms in total. The standard InChI is InChI=1S/C16H20BBrO4/c1-15(2)16(3,4)22-17(21-15)13(10-14(19)20-5)11-6-8-12(18)9-7-11/h6-10H,1-5H3/b13-10-. The highest BCUT2D eigenvalue weighted by Gasteiger charge is 2.52. The van der Waals surface area contributed by atoms with Gasteiger partial charge in [-0.1, -0.05) is 28.1 Å². The van der Waals surface area contributed by atoms with E-state index in [1.165, 1.54) is 13.2 Å². The Balaban J connectivity index is 2.41. The molecule has 0 bridgehead atoms. The summed E-state index contributed by atoms with van der Waals surface area (Å²) in [6.07, 6.45) is 1.42. The zero-order valence-corrected chi connectivity index (χ0v) is 15.1. The van der Waals surface area contributed by atoms with Gasteiger partial charge in [-0.2, -0.15) is 0 Å². The quantitative estimate of drug-likeness (QED) is 0.465. The monoisotopic (exact) mass is 366 g/mol. The molecule has 0 N–H and O–H groups in total. The first kappa shape index (κ1) is 17.3. The van der Waals surface area contributed by atoms with Crippen molar-refractivity contribution >= 4 is 34.5 Å². The predicted molar refractivity (Wildman–Crippen MR) is 90.2 cm³/mol. The number of halogens is 1. The van der Waals surface area contributed by atoms with Gasteiger partial charge in [0.1, 0.15) is 0 Å². The first-order valence-electron chi connectivity index (χ1n) is 7.07. The summed E-state index contributed by atoms with van der Waals surface area (Å²) in [5, 5.41) is 0. The van der Waals surface area contributed by atoms with Crippen LogP contribution in [0.4, 0.5) is 0 Å². The molecule has 1 saturated heterocycles. The van der Waals surface area contributed by atoms with Crippen molar-refractivity contribution in [2.45, 2.75) is 38.9 Å². The number of hydrogen-bond acceptors (Lipinski definition) is 4. The number of ether oxygens (including phenoxy) is 1. The summed E-state index contributed by atoms with van der Waals surface area (Å²) >= 11 is 3.41. The lowest BCUT2D eigenvalue weighted by molar-refractivity contribution is -0.134. The fourth-order valence-electron chi connectivity index (χ4n) is 2.09. The van der Waals surface area contributed by atoms with E-state index in [1.807, 2.05) is 52.0 Å². The lowest BCUT2D eigenvalue weighted by Gasteiger charge is -2.32. The maximum atomic E-state index is 11.7. The molecule has 1 fully saturated rings. The molecular formula is C16H20BBrO4. The Morgan fingerprint density at radius 3 is 2.09 bits per heavy atom. The molecule has 0 atom stereocenters. The maximum absolute atomic E-state index is 11.7. The van der Waals surface area contributed by atoms with Gasteiger partial charge in [-0.3, -0.25) is 0 Å². The number of carbonyl (C=O) groups is 1. The average Bonchev–Trinajstić information content (AvgIpc) is 2.65. The highest BCUT2D eigenvalue weighted by Crippen LogP contribution is 2.40. The second-order valence-electron chi connectivity index (χ2n) is 6.22. The molecule has 1 aliphatic rings. The molecule has 1 heterocycles. The third-order valence-corrected chi connectivity index (χ3v) is 4.69. The minimum Gasteiger partial charge on any atom is -0.466 e. The van der Waals surface area contributed by atoms with Crippen LogP contribution in [-0.2, 0) is 18.8 Å². The highest BCUT2D eigenvalue weighted by atomic mass is 79.9.